The Labute approximate surface area is 133 Å². The zero-order valence-electron chi connectivity index (χ0n) is 11.5. The molecule has 1 unspecified atom stereocenters. The number of ether oxygens (including phenoxy) is 1. The summed E-state index contributed by atoms with van der Waals surface area (Å²) in [5.41, 5.74) is 0.867. The molecule has 2 rings (SSSR count). The van der Waals surface area contributed by atoms with Crippen LogP contribution in [0.2, 0.25) is 5.02 Å². The van der Waals surface area contributed by atoms with Gasteiger partial charge in [-0.15, -0.1) is 0 Å². The van der Waals surface area contributed by atoms with E-state index in [9.17, 15) is 4.79 Å². The quantitative estimate of drug-likeness (QED) is 0.816. The molecule has 1 N–H and O–H groups in total. The Balaban J connectivity index is 2.20. The van der Waals surface area contributed by atoms with Crippen LogP contribution in [0.5, 0.6) is 0 Å². The van der Waals surface area contributed by atoms with Gasteiger partial charge in [0.1, 0.15) is 6.04 Å². The predicted molar refractivity (Wildman–Crippen MR) is 83.9 cm³/mol. The van der Waals surface area contributed by atoms with Gasteiger partial charge in [0.25, 0.3) is 0 Å². The first-order valence-corrected chi connectivity index (χ1v) is 8.07. The minimum Gasteiger partial charge on any atom is -0.468 e. The third kappa shape index (κ3) is 3.96. The first kappa shape index (κ1) is 15.8. The van der Waals surface area contributed by atoms with Gasteiger partial charge in [0.05, 0.1) is 7.11 Å². The summed E-state index contributed by atoms with van der Waals surface area (Å²) in [4.78, 5) is 12.1. The number of carbonyl (C=O) groups excluding carboxylic acids is 1. The fourth-order valence-corrected chi connectivity index (χ4v) is 3.55. The Hall–Kier alpha value is -0.580. The fraction of sp³-hybridized carbons (Fsp3) is 0.533. The molecule has 0 saturated heterocycles. The highest BCUT2D eigenvalue weighted by Gasteiger charge is 2.27. The van der Waals surface area contributed by atoms with E-state index in [1.165, 1.54) is 26.4 Å². The largest absolute Gasteiger partial charge is 0.468 e. The minimum absolute atomic E-state index is 0.265. The van der Waals surface area contributed by atoms with Crippen molar-refractivity contribution in [2.45, 2.75) is 44.2 Å². The molecule has 1 saturated carbocycles. The van der Waals surface area contributed by atoms with Crippen molar-refractivity contribution in [3.63, 3.8) is 0 Å². The summed E-state index contributed by atoms with van der Waals surface area (Å²) in [5, 5.41) is 4.08. The number of nitrogens with one attached hydrogen (secondary N) is 1. The molecule has 0 heterocycles. The van der Waals surface area contributed by atoms with Crippen LogP contribution in [-0.2, 0) is 9.53 Å². The van der Waals surface area contributed by atoms with Crippen LogP contribution >= 0.6 is 27.5 Å². The zero-order chi connectivity index (χ0) is 14.5. The second kappa shape index (κ2) is 7.43. The molecule has 1 atom stereocenters. The summed E-state index contributed by atoms with van der Waals surface area (Å²) >= 11 is 9.44. The van der Waals surface area contributed by atoms with Crippen molar-refractivity contribution < 1.29 is 9.53 Å². The first-order valence-electron chi connectivity index (χ1n) is 6.90. The van der Waals surface area contributed by atoms with Gasteiger partial charge >= 0.3 is 5.97 Å². The maximum absolute atomic E-state index is 12.1. The second-order valence-electron chi connectivity index (χ2n) is 5.12. The monoisotopic (exact) mass is 359 g/mol. The van der Waals surface area contributed by atoms with E-state index >= 15 is 0 Å². The lowest BCUT2D eigenvalue weighted by Gasteiger charge is -2.28. The number of hydrogen-bond acceptors (Lipinski definition) is 3. The molecule has 0 bridgehead atoms. The van der Waals surface area contributed by atoms with Gasteiger partial charge in [-0.3, -0.25) is 5.32 Å². The van der Waals surface area contributed by atoms with Gasteiger partial charge in [0.15, 0.2) is 0 Å². The van der Waals surface area contributed by atoms with E-state index in [0.29, 0.717) is 11.1 Å². The van der Waals surface area contributed by atoms with E-state index in [0.717, 1.165) is 22.9 Å². The summed E-state index contributed by atoms with van der Waals surface area (Å²) in [6.07, 6.45) is 5.93. The van der Waals surface area contributed by atoms with Crippen LogP contribution in [0.15, 0.2) is 22.7 Å². The van der Waals surface area contributed by atoms with Gasteiger partial charge in [-0.2, -0.15) is 0 Å². The second-order valence-corrected chi connectivity index (χ2v) is 6.41. The molecule has 1 aliphatic rings. The van der Waals surface area contributed by atoms with Crippen molar-refractivity contribution in [3.8, 4) is 0 Å². The van der Waals surface area contributed by atoms with Crippen molar-refractivity contribution in [2.75, 3.05) is 7.11 Å². The molecule has 1 aromatic carbocycles. The van der Waals surface area contributed by atoms with Crippen LogP contribution < -0.4 is 5.32 Å². The van der Waals surface area contributed by atoms with Crippen molar-refractivity contribution in [1.29, 1.82) is 0 Å². The molecule has 110 valence electrons. The molecule has 0 aromatic heterocycles. The molecule has 1 aliphatic carbocycles. The van der Waals surface area contributed by atoms with Gasteiger partial charge < -0.3 is 4.74 Å². The van der Waals surface area contributed by atoms with Gasteiger partial charge in [-0.1, -0.05) is 52.9 Å². The average molecular weight is 361 g/mol. The van der Waals surface area contributed by atoms with Crippen molar-refractivity contribution >= 4 is 33.5 Å². The van der Waals surface area contributed by atoms with Gasteiger partial charge in [-0.05, 0) is 30.5 Å². The van der Waals surface area contributed by atoms with Crippen molar-refractivity contribution in [2.24, 2.45) is 0 Å². The maximum atomic E-state index is 12.1. The van der Waals surface area contributed by atoms with Crippen LogP contribution in [0.1, 0.15) is 43.7 Å². The highest BCUT2D eigenvalue weighted by atomic mass is 79.9. The highest BCUT2D eigenvalue weighted by molar-refractivity contribution is 9.10. The number of hydrogen-bond donors (Lipinski definition) is 1. The lowest BCUT2D eigenvalue weighted by Crippen LogP contribution is -2.38. The Morgan fingerprint density at radius 2 is 2.10 bits per heavy atom. The molecule has 0 aliphatic heterocycles. The van der Waals surface area contributed by atoms with E-state index in [1.807, 2.05) is 6.07 Å². The van der Waals surface area contributed by atoms with E-state index < -0.39 is 6.04 Å². The normalized spacial score (nSPS) is 17.8. The van der Waals surface area contributed by atoms with E-state index in [1.54, 1.807) is 12.1 Å². The van der Waals surface area contributed by atoms with E-state index in [4.69, 9.17) is 16.3 Å². The SMILES string of the molecule is COC(=O)C(NC1CCCCC1)c1ccc(Cl)cc1Br. The predicted octanol–water partition coefficient (Wildman–Crippen LogP) is 4.24. The molecule has 5 heteroatoms. The first-order chi connectivity index (χ1) is 9.61. The third-order valence-electron chi connectivity index (χ3n) is 3.72. The minimum atomic E-state index is -0.449. The number of methoxy groups -OCH3 is 1. The van der Waals surface area contributed by atoms with Gasteiger partial charge in [0.2, 0.25) is 0 Å². The van der Waals surface area contributed by atoms with Crippen molar-refractivity contribution in [1.82, 2.24) is 5.32 Å². The molecule has 0 spiro atoms. The Morgan fingerprint density at radius 3 is 2.70 bits per heavy atom. The maximum Gasteiger partial charge on any atom is 0.327 e. The third-order valence-corrected chi connectivity index (χ3v) is 4.64. The molecule has 20 heavy (non-hydrogen) atoms. The Kier molecular flexibility index (Phi) is 5.87. The van der Waals surface area contributed by atoms with Crippen LogP contribution in [0.3, 0.4) is 0 Å². The molecular weight excluding hydrogens is 342 g/mol. The summed E-state index contributed by atoms with van der Waals surface area (Å²) in [7, 11) is 1.42. The standard InChI is InChI=1S/C15H19BrClNO2/c1-20-15(19)14(18-11-5-3-2-4-6-11)12-8-7-10(17)9-13(12)16/h7-9,11,14,18H,2-6H2,1H3. The van der Waals surface area contributed by atoms with Crippen LogP contribution in [-0.4, -0.2) is 19.1 Å². The molecule has 1 fully saturated rings. The summed E-state index contributed by atoms with van der Waals surface area (Å²) in [6, 6.07) is 5.38. The van der Waals surface area contributed by atoms with Crippen LogP contribution in [0.25, 0.3) is 0 Å². The Morgan fingerprint density at radius 1 is 1.40 bits per heavy atom. The smallest absolute Gasteiger partial charge is 0.327 e. The molecular formula is C15H19BrClNO2. The lowest BCUT2D eigenvalue weighted by atomic mass is 9.94. The van der Waals surface area contributed by atoms with Crippen molar-refractivity contribution in [3.05, 3.63) is 33.3 Å². The number of halogens is 2. The summed E-state index contributed by atoms with van der Waals surface area (Å²) in [6.45, 7) is 0. The number of rotatable bonds is 4. The van der Waals surface area contributed by atoms with Crippen LogP contribution in [0, 0.1) is 0 Å². The van der Waals surface area contributed by atoms with Gasteiger partial charge in [0, 0.05) is 15.5 Å². The molecule has 3 nitrogen and oxygen atoms in total. The number of esters is 1. The van der Waals surface area contributed by atoms with Crippen LogP contribution in [0.4, 0.5) is 0 Å². The Bertz CT molecular complexity index is 475. The highest BCUT2D eigenvalue weighted by Crippen LogP contribution is 2.29. The summed E-state index contributed by atoms with van der Waals surface area (Å²) < 4.78 is 5.76. The fourth-order valence-electron chi connectivity index (χ4n) is 2.64. The van der Waals surface area contributed by atoms with Gasteiger partial charge in [-0.25, -0.2) is 4.79 Å². The molecule has 0 radical (unpaired) electrons. The van der Waals surface area contributed by atoms with E-state index in [-0.39, 0.29) is 5.97 Å². The molecule has 1 aromatic rings. The zero-order valence-corrected chi connectivity index (χ0v) is 13.8. The number of benzene rings is 1. The lowest BCUT2D eigenvalue weighted by molar-refractivity contribution is -0.143. The summed E-state index contributed by atoms with van der Waals surface area (Å²) in [5.74, 6) is -0.265. The average Bonchev–Trinajstić information content (AvgIpc) is 2.46. The van der Waals surface area contributed by atoms with E-state index in [2.05, 4.69) is 21.2 Å². The topological polar surface area (TPSA) is 38.3 Å². The molecule has 0 amide bonds. The number of carbonyl (C=O) groups is 1.